The number of hydrogen-bond donors (Lipinski definition) is 2. The molecule has 0 saturated heterocycles. The summed E-state index contributed by atoms with van der Waals surface area (Å²) in [7, 11) is 1.57. The van der Waals surface area contributed by atoms with E-state index in [1.807, 2.05) is 0 Å². The molecule has 12 heavy (non-hydrogen) atoms. The molecule has 3 N–H and O–H groups in total. The Morgan fingerprint density at radius 1 is 1.67 bits per heavy atom. The summed E-state index contributed by atoms with van der Waals surface area (Å²) < 4.78 is 0. The second-order valence-corrected chi connectivity index (χ2v) is 2.51. The smallest absolute Gasteiger partial charge is 0.269 e. The van der Waals surface area contributed by atoms with E-state index in [2.05, 4.69) is 10.3 Å². The lowest BCUT2D eigenvalue weighted by atomic mass is 10.2. The van der Waals surface area contributed by atoms with Gasteiger partial charge in [-0.25, -0.2) is 4.98 Å². The van der Waals surface area contributed by atoms with E-state index < -0.39 is 0 Å². The van der Waals surface area contributed by atoms with Gasteiger partial charge in [-0.2, -0.15) is 0 Å². The summed E-state index contributed by atoms with van der Waals surface area (Å²) in [6, 6.07) is 1.72. The summed E-state index contributed by atoms with van der Waals surface area (Å²) in [5.41, 5.74) is 7.25. The average Bonchev–Trinajstić information content (AvgIpc) is 2.03. The van der Waals surface area contributed by atoms with E-state index in [-0.39, 0.29) is 5.91 Å². The molecule has 1 aromatic heterocycles. The zero-order chi connectivity index (χ0) is 9.14. The van der Waals surface area contributed by atoms with Gasteiger partial charge in [-0.1, -0.05) is 0 Å². The number of hydrogen-bond acceptors (Lipinski definition) is 3. The number of carbonyl (C=O) groups excluding carboxylic acids is 1. The highest BCUT2D eigenvalue weighted by atomic mass is 16.1. The molecule has 4 heteroatoms. The van der Waals surface area contributed by atoms with Gasteiger partial charge >= 0.3 is 0 Å². The number of pyridine rings is 1. The number of nitrogens with two attached hydrogens (primary N) is 1. The van der Waals surface area contributed by atoms with Gasteiger partial charge < -0.3 is 11.1 Å². The predicted octanol–water partition coefficient (Wildman–Crippen LogP) is 0.332. The first-order chi connectivity index (χ1) is 5.65. The summed E-state index contributed by atoms with van der Waals surface area (Å²) >= 11 is 0. The first kappa shape index (κ1) is 8.52. The van der Waals surface area contributed by atoms with E-state index in [0.717, 1.165) is 5.56 Å². The number of nitrogens with one attached hydrogen (secondary N) is 1. The van der Waals surface area contributed by atoms with Gasteiger partial charge in [0.2, 0.25) is 0 Å². The Balaban J connectivity index is 3.09. The average molecular weight is 165 g/mol. The molecule has 0 atom stereocenters. The maximum Gasteiger partial charge on any atom is 0.269 e. The molecule has 0 aliphatic heterocycles. The van der Waals surface area contributed by atoms with Crippen LogP contribution in [0, 0.1) is 6.92 Å². The number of aryl methyl sites for hydroxylation is 1. The summed E-state index contributed by atoms with van der Waals surface area (Å²) in [5.74, 6) is -0.187. The maximum atomic E-state index is 11.1. The van der Waals surface area contributed by atoms with Crippen molar-refractivity contribution in [2.45, 2.75) is 6.92 Å². The third-order valence-electron chi connectivity index (χ3n) is 1.54. The third-order valence-corrected chi connectivity index (χ3v) is 1.54. The Kier molecular flexibility index (Phi) is 2.28. The van der Waals surface area contributed by atoms with Crippen molar-refractivity contribution in [1.82, 2.24) is 10.3 Å². The van der Waals surface area contributed by atoms with E-state index in [1.54, 1.807) is 20.0 Å². The topological polar surface area (TPSA) is 68.0 Å². The van der Waals surface area contributed by atoms with Crippen LogP contribution in [-0.4, -0.2) is 17.9 Å². The molecule has 0 saturated carbocycles. The van der Waals surface area contributed by atoms with Crippen LogP contribution < -0.4 is 11.1 Å². The van der Waals surface area contributed by atoms with Crippen molar-refractivity contribution < 1.29 is 4.79 Å². The molecule has 0 aromatic carbocycles. The Morgan fingerprint density at radius 3 is 2.83 bits per heavy atom. The molecule has 0 radical (unpaired) electrons. The number of nitrogens with zero attached hydrogens (tertiary/aromatic N) is 1. The fourth-order valence-electron chi connectivity index (χ4n) is 0.953. The molecule has 1 heterocycles. The van der Waals surface area contributed by atoms with Crippen molar-refractivity contribution in [3.63, 3.8) is 0 Å². The zero-order valence-corrected chi connectivity index (χ0v) is 7.09. The monoisotopic (exact) mass is 165 g/mol. The quantitative estimate of drug-likeness (QED) is 0.630. The number of rotatable bonds is 1. The van der Waals surface area contributed by atoms with Crippen LogP contribution in [0.15, 0.2) is 12.3 Å². The van der Waals surface area contributed by atoms with Crippen molar-refractivity contribution in [2.24, 2.45) is 0 Å². The van der Waals surface area contributed by atoms with Crippen LogP contribution >= 0.6 is 0 Å². The molecule has 64 valence electrons. The fourth-order valence-corrected chi connectivity index (χ4v) is 0.953. The highest BCUT2D eigenvalue weighted by molar-refractivity contribution is 5.93. The van der Waals surface area contributed by atoms with E-state index in [0.29, 0.717) is 11.4 Å². The highest BCUT2D eigenvalue weighted by Gasteiger charge is 2.07. The lowest BCUT2D eigenvalue weighted by Crippen LogP contribution is -2.20. The summed E-state index contributed by atoms with van der Waals surface area (Å²) in [5, 5.41) is 2.50. The molecule has 1 amide bonds. The number of aromatic nitrogens is 1. The molecule has 0 bridgehead atoms. The molecular weight excluding hydrogens is 154 g/mol. The number of carbonyl (C=O) groups is 1. The minimum Gasteiger partial charge on any atom is -0.397 e. The van der Waals surface area contributed by atoms with Crippen LogP contribution in [-0.2, 0) is 0 Å². The van der Waals surface area contributed by atoms with E-state index in [1.165, 1.54) is 6.20 Å². The normalized spacial score (nSPS) is 9.50. The Bertz CT molecular complexity index is 309. The van der Waals surface area contributed by atoms with Crippen LogP contribution in [0.25, 0.3) is 0 Å². The summed E-state index contributed by atoms with van der Waals surface area (Å²) in [6.07, 6.45) is 1.47. The molecule has 0 aliphatic rings. The van der Waals surface area contributed by atoms with Gasteiger partial charge in [0.05, 0.1) is 11.9 Å². The SMILES string of the molecule is CNC(=O)c1ncc(N)cc1C. The van der Waals surface area contributed by atoms with Gasteiger partial charge in [-0.15, -0.1) is 0 Å². The van der Waals surface area contributed by atoms with Gasteiger partial charge in [0, 0.05) is 7.05 Å². The molecule has 0 spiro atoms. The third kappa shape index (κ3) is 1.53. The first-order valence-electron chi connectivity index (χ1n) is 3.59. The van der Waals surface area contributed by atoms with Gasteiger partial charge in [0.15, 0.2) is 0 Å². The molecule has 0 aliphatic carbocycles. The van der Waals surface area contributed by atoms with Crippen LogP contribution in [0.2, 0.25) is 0 Å². The lowest BCUT2D eigenvalue weighted by molar-refractivity contribution is 0.0957. The largest absolute Gasteiger partial charge is 0.397 e. The van der Waals surface area contributed by atoms with Gasteiger partial charge in [0.1, 0.15) is 5.69 Å². The van der Waals surface area contributed by atoms with Crippen molar-refractivity contribution in [3.8, 4) is 0 Å². The molecule has 1 aromatic rings. The second kappa shape index (κ2) is 3.21. The molecule has 1 rings (SSSR count). The van der Waals surface area contributed by atoms with Gasteiger partial charge in [-0.3, -0.25) is 4.79 Å². The highest BCUT2D eigenvalue weighted by Crippen LogP contribution is 2.08. The maximum absolute atomic E-state index is 11.1. The Labute approximate surface area is 70.8 Å². The van der Waals surface area contributed by atoms with Crippen molar-refractivity contribution in [2.75, 3.05) is 12.8 Å². The molecule has 4 nitrogen and oxygen atoms in total. The minimum absolute atomic E-state index is 0.187. The summed E-state index contributed by atoms with van der Waals surface area (Å²) in [6.45, 7) is 1.80. The van der Waals surface area contributed by atoms with Crippen LogP contribution in [0.1, 0.15) is 16.1 Å². The molecule has 0 unspecified atom stereocenters. The van der Waals surface area contributed by atoms with E-state index in [9.17, 15) is 4.79 Å². The molecular formula is C8H11N3O. The van der Waals surface area contributed by atoms with Crippen LogP contribution in [0.4, 0.5) is 5.69 Å². The van der Waals surface area contributed by atoms with E-state index >= 15 is 0 Å². The number of nitrogen functional groups attached to an aromatic ring is 1. The van der Waals surface area contributed by atoms with E-state index in [4.69, 9.17) is 5.73 Å². The second-order valence-electron chi connectivity index (χ2n) is 2.51. The van der Waals surface area contributed by atoms with Crippen molar-refractivity contribution >= 4 is 11.6 Å². The standard InChI is InChI=1S/C8H11N3O/c1-5-3-6(9)4-11-7(5)8(12)10-2/h3-4H,9H2,1-2H3,(H,10,12). The lowest BCUT2D eigenvalue weighted by Gasteiger charge is -2.02. The van der Waals surface area contributed by atoms with Crippen molar-refractivity contribution in [1.29, 1.82) is 0 Å². The number of amides is 1. The van der Waals surface area contributed by atoms with Gasteiger partial charge in [0.25, 0.3) is 5.91 Å². The number of anilines is 1. The minimum atomic E-state index is -0.187. The predicted molar refractivity (Wildman–Crippen MR) is 46.8 cm³/mol. The fraction of sp³-hybridized carbons (Fsp3) is 0.250. The first-order valence-corrected chi connectivity index (χ1v) is 3.59. The Morgan fingerprint density at radius 2 is 2.33 bits per heavy atom. The van der Waals surface area contributed by atoms with Crippen LogP contribution in [0.5, 0.6) is 0 Å². The van der Waals surface area contributed by atoms with Crippen LogP contribution in [0.3, 0.4) is 0 Å². The van der Waals surface area contributed by atoms with Gasteiger partial charge in [-0.05, 0) is 18.6 Å². The zero-order valence-electron chi connectivity index (χ0n) is 7.09. The Hall–Kier alpha value is -1.58. The molecule has 0 fully saturated rings. The van der Waals surface area contributed by atoms with Crippen molar-refractivity contribution in [3.05, 3.63) is 23.5 Å². The summed E-state index contributed by atoms with van der Waals surface area (Å²) in [4.78, 5) is 15.0.